The Labute approximate surface area is 306 Å². The quantitative estimate of drug-likeness (QED) is 0.167. The van der Waals surface area contributed by atoms with Crippen molar-refractivity contribution >= 4 is 43.5 Å². The zero-order valence-electron chi connectivity index (χ0n) is 28.1. The minimum absolute atomic E-state index is 0. The van der Waals surface area contributed by atoms with Crippen molar-refractivity contribution in [3.05, 3.63) is 170 Å². The third-order valence-corrected chi connectivity index (χ3v) is 9.03. The summed E-state index contributed by atoms with van der Waals surface area (Å²) in [5.74, 6) is 0. The molecule has 6 aromatic carbocycles. The summed E-state index contributed by atoms with van der Waals surface area (Å²) in [5, 5.41) is 6.99. The molecular formula is C46H34IrN2O-2. The topological polar surface area (TPSA) is 38.9 Å². The summed E-state index contributed by atoms with van der Waals surface area (Å²) in [6.07, 6.45) is 3.67. The van der Waals surface area contributed by atoms with Gasteiger partial charge in [0.05, 0.1) is 5.58 Å². The smallest absolute Gasteiger partial charge is 0.128 e. The molecule has 1 radical (unpaired) electrons. The number of hydrogen-bond acceptors (Lipinski definition) is 3. The number of furan rings is 1. The Kier molecular flexibility index (Phi) is 9.16. The van der Waals surface area contributed by atoms with E-state index in [1.165, 1.54) is 27.3 Å². The summed E-state index contributed by atoms with van der Waals surface area (Å²) >= 11 is 0. The van der Waals surface area contributed by atoms with E-state index in [1.807, 2.05) is 54.7 Å². The van der Waals surface area contributed by atoms with E-state index >= 15 is 0 Å². The van der Waals surface area contributed by atoms with Crippen LogP contribution in [0.1, 0.15) is 26.3 Å². The molecule has 245 valence electrons. The predicted molar refractivity (Wildman–Crippen MR) is 203 cm³/mol. The molecular weight excluding hydrogens is 789 g/mol. The normalized spacial score (nSPS) is 11.3. The molecule has 0 N–H and O–H groups in total. The fraction of sp³-hybridized carbons (Fsp3) is 0.0870. The van der Waals surface area contributed by atoms with E-state index in [2.05, 4.69) is 129 Å². The van der Waals surface area contributed by atoms with Crippen molar-refractivity contribution in [2.24, 2.45) is 0 Å². The van der Waals surface area contributed by atoms with Gasteiger partial charge in [-0.05, 0) is 67.9 Å². The second kappa shape index (κ2) is 13.8. The number of rotatable bonds is 3. The molecule has 4 heteroatoms. The van der Waals surface area contributed by atoms with Gasteiger partial charge >= 0.3 is 0 Å². The maximum Gasteiger partial charge on any atom is 0.128 e. The minimum atomic E-state index is 0. The van der Waals surface area contributed by atoms with Crippen LogP contribution in [0.3, 0.4) is 0 Å². The summed E-state index contributed by atoms with van der Waals surface area (Å²) in [5.41, 5.74) is 9.26. The van der Waals surface area contributed by atoms with Crippen molar-refractivity contribution in [1.82, 2.24) is 9.97 Å². The Hall–Kier alpha value is -5.41. The van der Waals surface area contributed by atoms with E-state index in [9.17, 15) is 0 Å². The average molecular weight is 823 g/mol. The van der Waals surface area contributed by atoms with Crippen LogP contribution in [-0.4, -0.2) is 9.97 Å². The molecule has 9 rings (SSSR count). The van der Waals surface area contributed by atoms with Gasteiger partial charge in [0.2, 0.25) is 0 Å². The Bertz CT molecular complexity index is 2550. The zero-order valence-corrected chi connectivity index (χ0v) is 30.5. The van der Waals surface area contributed by atoms with Gasteiger partial charge in [0, 0.05) is 43.3 Å². The second-order valence-corrected chi connectivity index (χ2v) is 13.3. The first-order valence-corrected chi connectivity index (χ1v) is 16.6. The van der Waals surface area contributed by atoms with Gasteiger partial charge in [-0.15, -0.1) is 54.1 Å². The van der Waals surface area contributed by atoms with Gasteiger partial charge < -0.3 is 14.4 Å². The summed E-state index contributed by atoms with van der Waals surface area (Å²) in [6.45, 7) is 6.76. The predicted octanol–water partition coefficient (Wildman–Crippen LogP) is 12.3. The molecule has 0 spiro atoms. The van der Waals surface area contributed by atoms with E-state index < -0.39 is 0 Å². The third kappa shape index (κ3) is 6.48. The number of hydrogen-bond donors (Lipinski definition) is 0. The van der Waals surface area contributed by atoms with Gasteiger partial charge in [-0.3, -0.25) is 0 Å². The molecule has 9 aromatic rings. The number of benzene rings is 6. The first-order chi connectivity index (χ1) is 23.9. The van der Waals surface area contributed by atoms with Crippen LogP contribution >= 0.6 is 0 Å². The molecule has 0 aliphatic heterocycles. The van der Waals surface area contributed by atoms with E-state index in [-0.39, 0.29) is 25.5 Å². The van der Waals surface area contributed by atoms with Crippen LogP contribution in [0.25, 0.3) is 77.1 Å². The molecule has 0 fully saturated rings. The SMILES string of the molecule is CC(C)(C)c1ccc2cc(-c3ccnc(-c4[c-]ccc5c4oc4c6ccccc6ccc54)c3)ccc2c1.[Ir].[c-]1ccccc1-c1ccccn1. The van der Waals surface area contributed by atoms with Gasteiger partial charge in [0.1, 0.15) is 5.58 Å². The molecule has 50 heavy (non-hydrogen) atoms. The summed E-state index contributed by atoms with van der Waals surface area (Å²) in [7, 11) is 0. The molecule has 3 aromatic heterocycles. The van der Waals surface area contributed by atoms with Crippen molar-refractivity contribution in [2.75, 3.05) is 0 Å². The second-order valence-electron chi connectivity index (χ2n) is 13.3. The summed E-state index contributed by atoms with van der Waals surface area (Å²) in [6, 6.07) is 54.6. The number of nitrogens with zero attached hydrogens (tertiary/aromatic N) is 2. The van der Waals surface area contributed by atoms with Gasteiger partial charge in [0.25, 0.3) is 0 Å². The molecule has 0 bridgehead atoms. The molecule has 0 aliphatic carbocycles. The first kappa shape index (κ1) is 33.1. The molecule has 3 nitrogen and oxygen atoms in total. The van der Waals surface area contributed by atoms with Crippen molar-refractivity contribution in [2.45, 2.75) is 26.2 Å². The van der Waals surface area contributed by atoms with Gasteiger partial charge in [-0.2, -0.15) is 0 Å². The first-order valence-electron chi connectivity index (χ1n) is 16.6. The summed E-state index contributed by atoms with van der Waals surface area (Å²) < 4.78 is 6.52. The van der Waals surface area contributed by atoms with Crippen LogP contribution < -0.4 is 0 Å². The number of aromatic nitrogens is 2. The molecule has 0 atom stereocenters. The molecule has 0 amide bonds. The molecule has 0 saturated heterocycles. The minimum Gasteiger partial charge on any atom is -0.500 e. The van der Waals surface area contributed by atoms with Crippen molar-refractivity contribution in [3.63, 3.8) is 0 Å². The molecule has 0 saturated carbocycles. The maximum atomic E-state index is 6.52. The van der Waals surface area contributed by atoms with E-state index in [1.54, 1.807) is 6.20 Å². The van der Waals surface area contributed by atoms with Crippen LogP contribution in [0.4, 0.5) is 0 Å². The summed E-state index contributed by atoms with van der Waals surface area (Å²) in [4.78, 5) is 8.95. The van der Waals surface area contributed by atoms with Crippen molar-refractivity contribution in [3.8, 4) is 33.6 Å². The van der Waals surface area contributed by atoms with Crippen LogP contribution in [0.15, 0.2) is 156 Å². The van der Waals surface area contributed by atoms with Crippen molar-refractivity contribution < 1.29 is 24.5 Å². The number of fused-ring (bicyclic) bond motifs is 6. The molecule has 3 heterocycles. The zero-order chi connectivity index (χ0) is 33.4. The van der Waals surface area contributed by atoms with Crippen LogP contribution in [0, 0.1) is 12.1 Å². The Morgan fingerprint density at radius 2 is 1.26 bits per heavy atom. The third-order valence-electron chi connectivity index (χ3n) is 9.03. The number of pyridine rings is 2. The fourth-order valence-electron chi connectivity index (χ4n) is 6.37. The van der Waals surface area contributed by atoms with Crippen LogP contribution in [0.2, 0.25) is 0 Å². The largest absolute Gasteiger partial charge is 0.500 e. The monoisotopic (exact) mass is 823 g/mol. The van der Waals surface area contributed by atoms with Crippen LogP contribution in [0.5, 0.6) is 0 Å². The van der Waals surface area contributed by atoms with E-state index in [0.29, 0.717) is 0 Å². The molecule has 0 unspecified atom stereocenters. The van der Waals surface area contributed by atoms with Gasteiger partial charge in [0.15, 0.2) is 0 Å². The Morgan fingerprint density at radius 3 is 2.08 bits per heavy atom. The average Bonchev–Trinajstić information content (AvgIpc) is 3.55. The molecule has 0 aliphatic rings. The van der Waals surface area contributed by atoms with Gasteiger partial charge in [-0.1, -0.05) is 117 Å². The van der Waals surface area contributed by atoms with Crippen molar-refractivity contribution in [1.29, 1.82) is 0 Å². The van der Waals surface area contributed by atoms with E-state index in [4.69, 9.17) is 9.40 Å². The standard InChI is InChI=1S/C35H26NO.C11H8N.Ir/c1-35(2,3)27-15-13-24-19-23(11-12-25(24)20-27)26-17-18-36-32(21-26)31-10-6-9-29-30-16-14-22-7-4-5-8-28(22)33(30)37-34(29)31;1-2-6-10(7-3-1)11-8-4-5-9-12-11;/h4-9,11-21H,1-3H3;1-6,8-9H;/q2*-1;. The Morgan fingerprint density at radius 1 is 0.520 bits per heavy atom. The fourth-order valence-corrected chi connectivity index (χ4v) is 6.37. The van der Waals surface area contributed by atoms with E-state index in [0.717, 1.165) is 55.4 Å². The van der Waals surface area contributed by atoms with Crippen LogP contribution in [-0.2, 0) is 25.5 Å². The Balaban J connectivity index is 0.000000255. The maximum absolute atomic E-state index is 6.52. The van der Waals surface area contributed by atoms with Gasteiger partial charge in [-0.25, -0.2) is 0 Å².